The molecule has 2 unspecified atom stereocenters. The zero-order chi connectivity index (χ0) is 21.8. The maximum absolute atomic E-state index is 13.8. The SMILES string of the molecule is CC(=O)OP(=O)(Cc1c(F)c(F)c(F)c(F)c1F)CC(CCC(=O)O)C(=O)O. The van der Waals surface area contributed by atoms with Crippen LogP contribution in [0.25, 0.3) is 0 Å². The highest BCUT2D eigenvalue weighted by Gasteiger charge is 2.37. The monoisotopic (exact) mass is 432 g/mol. The van der Waals surface area contributed by atoms with Gasteiger partial charge in [0.15, 0.2) is 23.3 Å². The third-order valence-corrected chi connectivity index (χ3v) is 5.93. The maximum atomic E-state index is 13.8. The van der Waals surface area contributed by atoms with Crippen LogP contribution in [0.15, 0.2) is 0 Å². The molecule has 156 valence electrons. The van der Waals surface area contributed by atoms with Crippen molar-refractivity contribution >= 4 is 25.3 Å². The van der Waals surface area contributed by atoms with Gasteiger partial charge in [-0.15, -0.1) is 0 Å². The summed E-state index contributed by atoms with van der Waals surface area (Å²) in [6, 6.07) is 0. The largest absolute Gasteiger partial charge is 0.481 e. The van der Waals surface area contributed by atoms with Crippen molar-refractivity contribution in [3.05, 3.63) is 34.6 Å². The lowest BCUT2D eigenvalue weighted by Gasteiger charge is -2.22. The van der Waals surface area contributed by atoms with Crippen LogP contribution in [0.4, 0.5) is 22.0 Å². The minimum absolute atomic E-state index is 0.576. The Balaban J connectivity index is 3.35. The Morgan fingerprint density at radius 2 is 1.43 bits per heavy atom. The second kappa shape index (κ2) is 9.13. The predicted molar refractivity (Wildman–Crippen MR) is 82.2 cm³/mol. The lowest BCUT2D eigenvalue weighted by atomic mass is 10.1. The van der Waals surface area contributed by atoms with Gasteiger partial charge in [0.2, 0.25) is 5.82 Å². The number of carboxylic acids is 2. The Bertz CT molecular complexity index is 829. The summed E-state index contributed by atoms with van der Waals surface area (Å²) in [5.41, 5.74) is -1.54. The molecule has 0 radical (unpaired) electrons. The van der Waals surface area contributed by atoms with E-state index in [1.165, 1.54) is 0 Å². The number of carbonyl (C=O) groups is 3. The van der Waals surface area contributed by atoms with E-state index in [9.17, 15) is 40.9 Å². The lowest BCUT2D eigenvalue weighted by molar-refractivity contribution is -0.142. The number of halogens is 5. The van der Waals surface area contributed by atoms with E-state index in [-0.39, 0.29) is 0 Å². The molecule has 0 spiro atoms. The molecule has 0 fully saturated rings. The van der Waals surface area contributed by atoms with E-state index in [0.29, 0.717) is 0 Å². The fraction of sp³-hybridized carbons (Fsp3) is 0.400. The van der Waals surface area contributed by atoms with Crippen LogP contribution in [0.5, 0.6) is 0 Å². The van der Waals surface area contributed by atoms with E-state index in [1.54, 1.807) is 0 Å². The summed E-state index contributed by atoms with van der Waals surface area (Å²) >= 11 is 0. The van der Waals surface area contributed by atoms with Gasteiger partial charge in [-0.05, 0) is 6.42 Å². The summed E-state index contributed by atoms with van der Waals surface area (Å²) in [6.45, 7) is 0.734. The van der Waals surface area contributed by atoms with Crippen molar-refractivity contribution in [3.8, 4) is 0 Å². The summed E-state index contributed by atoms with van der Waals surface area (Å²) in [5, 5.41) is 17.7. The summed E-state index contributed by atoms with van der Waals surface area (Å²) in [4.78, 5) is 33.0. The van der Waals surface area contributed by atoms with Gasteiger partial charge in [-0.2, -0.15) is 0 Å². The second-order valence-electron chi connectivity index (χ2n) is 5.75. The first kappa shape index (κ1) is 23.5. The zero-order valence-corrected chi connectivity index (χ0v) is 15.1. The van der Waals surface area contributed by atoms with Crippen LogP contribution in [-0.4, -0.2) is 34.3 Å². The van der Waals surface area contributed by atoms with Crippen LogP contribution in [0.3, 0.4) is 0 Å². The first-order valence-corrected chi connectivity index (χ1v) is 9.51. The molecule has 2 atom stereocenters. The van der Waals surface area contributed by atoms with Crippen LogP contribution >= 0.6 is 7.37 Å². The molecule has 0 aromatic heterocycles. The number of hydrogen-bond acceptors (Lipinski definition) is 5. The molecule has 0 saturated carbocycles. The average Bonchev–Trinajstić information content (AvgIpc) is 2.58. The van der Waals surface area contributed by atoms with Gasteiger partial charge in [-0.3, -0.25) is 18.9 Å². The van der Waals surface area contributed by atoms with Crippen molar-refractivity contribution in [2.24, 2.45) is 5.92 Å². The third kappa shape index (κ3) is 5.75. The van der Waals surface area contributed by atoms with Crippen LogP contribution in [0.2, 0.25) is 0 Å². The van der Waals surface area contributed by atoms with E-state index in [2.05, 4.69) is 4.52 Å². The summed E-state index contributed by atoms with van der Waals surface area (Å²) in [7, 11) is -4.64. The molecule has 0 amide bonds. The topological polar surface area (TPSA) is 118 Å². The molecular weight excluding hydrogens is 418 g/mol. The fourth-order valence-corrected chi connectivity index (χ4v) is 4.83. The van der Waals surface area contributed by atoms with E-state index in [1.807, 2.05) is 0 Å². The minimum Gasteiger partial charge on any atom is -0.481 e. The van der Waals surface area contributed by atoms with E-state index >= 15 is 0 Å². The molecule has 0 heterocycles. The van der Waals surface area contributed by atoms with Crippen molar-refractivity contribution in [3.63, 3.8) is 0 Å². The molecule has 0 bridgehead atoms. The highest BCUT2D eigenvalue weighted by Crippen LogP contribution is 2.53. The van der Waals surface area contributed by atoms with Gasteiger partial charge >= 0.3 is 17.9 Å². The van der Waals surface area contributed by atoms with Gasteiger partial charge in [0.05, 0.1) is 12.1 Å². The maximum Gasteiger partial charge on any atom is 0.307 e. The van der Waals surface area contributed by atoms with E-state index in [0.717, 1.165) is 6.92 Å². The number of rotatable bonds is 9. The van der Waals surface area contributed by atoms with Crippen molar-refractivity contribution < 1.29 is 55.6 Å². The van der Waals surface area contributed by atoms with Crippen molar-refractivity contribution in [1.29, 1.82) is 0 Å². The minimum atomic E-state index is -4.64. The zero-order valence-electron chi connectivity index (χ0n) is 14.2. The summed E-state index contributed by atoms with van der Waals surface area (Å²) in [5.74, 6) is -17.7. The Kier molecular flexibility index (Phi) is 7.68. The van der Waals surface area contributed by atoms with Gasteiger partial charge in [0.25, 0.3) is 7.37 Å². The molecule has 28 heavy (non-hydrogen) atoms. The first-order chi connectivity index (χ1) is 12.8. The summed E-state index contributed by atoms with van der Waals surface area (Å²) in [6.07, 6.45) is -3.78. The molecule has 0 aliphatic heterocycles. The van der Waals surface area contributed by atoms with Gasteiger partial charge in [-0.25, -0.2) is 22.0 Å². The van der Waals surface area contributed by atoms with Gasteiger partial charge < -0.3 is 14.7 Å². The highest BCUT2D eigenvalue weighted by atomic mass is 31.2. The molecule has 0 saturated heterocycles. The highest BCUT2D eigenvalue weighted by molar-refractivity contribution is 7.58. The summed E-state index contributed by atoms with van der Waals surface area (Å²) < 4.78 is 84.8. The van der Waals surface area contributed by atoms with Crippen LogP contribution < -0.4 is 0 Å². The van der Waals surface area contributed by atoms with E-state index in [4.69, 9.17) is 10.2 Å². The second-order valence-corrected chi connectivity index (χ2v) is 8.25. The molecule has 13 heteroatoms. The Morgan fingerprint density at radius 3 is 1.82 bits per heavy atom. The normalized spacial score (nSPS) is 14.2. The number of hydrogen-bond donors (Lipinski definition) is 2. The van der Waals surface area contributed by atoms with Crippen molar-refractivity contribution in [2.75, 3.05) is 6.16 Å². The Morgan fingerprint density at radius 1 is 0.964 bits per heavy atom. The van der Waals surface area contributed by atoms with Gasteiger partial charge in [-0.1, -0.05) is 0 Å². The third-order valence-electron chi connectivity index (χ3n) is 3.55. The first-order valence-electron chi connectivity index (χ1n) is 7.52. The van der Waals surface area contributed by atoms with Crippen LogP contribution in [0, 0.1) is 35.0 Å². The molecule has 7 nitrogen and oxygen atoms in total. The Hall–Kier alpha value is -2.49. The van der Waals surface area contributed by atoms with Crippen molar-refractivity contribution in [1.82, 2.24) is 0 Å². The fourth-order valence-electron chi connectivity index (χ4n) is 2.32. The van der Waals surface area contributed by atoms with Crippen LogP contribution in [0.1, 0.15) is 25.3 Å². The molecular formula is C15H14F5O7P. The molecule has 1 aromatic rings. The molecule has 0 aliphatic carbocycles. The van der Waals surface area contributed by atoms with Gasteiger partial charge in [0.1, 0.15) is 0 Å². The number of carboxylic acid groups (broad SMARTS) is 2. The van der Waals surface area contributed by atoms with Crippen LogP contribution in [-0.2, 0) is 29.6 Å². The molecule has 2 N–H and O–H groups in total. The lowest BCUT2D eigenvalue weighted by Crippen LogP contribution is -2.21. The van der Waals surface area contributed by atoms with Gasteiger partial charge in [0, 0.05) is 25.1 Å². The number of benzene rings is 1. The predicted octanol–water partition coefficient (Wildman–Crippen LogP) is 3.29. The number of carbonyl (C=O) groups excluding carboxylic acids is 1. The molecule has 0 aliphatic rings. The Labute approximate surface area is 154 Å². The number of aliphatic carboxylic acids is 2. The average molecular weight is 432 g/mol. The smallest absolute Gasteiger partial charge is 0.307 e. The van der Waals surface area contributed by atoms with E-state index < -0.39 is 91.0 Å². The van der Waals surface area contributed by atoms with Crippen molar-refractivity contribution in [2.45, 2.75) is 25.9 Å². The standard InChI is InChI=1S/C15H14F5O7P/c1-6(21)27-28(26,4-7(15(24)25)2-3-9(22)23)5-8-10(16)12(18)14(20)13(19)11(8)17/h7H,2-5H2,1H3,(H,22,23)(H,24,25). The quantitative estimate of drug-likeness (QED) is 0.266. The molecule has 1 rings (SSSR count). The molecule has 1 aromatic carbocycles.